The van der Waals surface area contributed by atoms with Crippen molar-refractivity contribution < 1.29 is 14.3 Å². The first-order chi connectivity index (χ1) is 10.1. The fourth-order valence-corrected chi connectivity index (χ4v) is 2.42. The summed E-state index contributed by atoms with van der Waals surface area (Å²) in [5.74, 6) is 0.288. The van der Waals surface area contributed by atoms with Crippen LogP contribution in [0.25, 0.3) is 16.3 Å². The van der Waals surface area contributed by atoms with E-state index in [1.165, 1.54) is 13.1 Å². The Morgan fingerprint density at radius 3 is 2.43 bits per heavy atom. The van der Waals surface area contributed by atoms with Crippen molar-refractivity contribution in [1.82, 2.24) is 4.90 Å². The van der Waals surface area contributed by atoms with Crippen molar-refractivity contribution >= 4 is 28.2 Å². The monoisotopic (exact) mass is 281 g/mol. The number of imide groups is 1. The summed E-state index contributed by atoms with van der Waals surface area (Å²) in [5.41, 5.74) is 1.20. The van der Waals surface area contributed by atoms with Gasteiger partial charge in [-0.3, -0.25) is 14.5 Å². The largest absolute Gasteiger partial charge is 0.494 e. The molecular formula is C17H15NO3. The van der Waals surface area contributed by atoms with Gasteiger partial charge in [-0.1, -0.05) is 18.2 Å². The Hall–Kier alpha value is -2.62. The molecule has 4 heteroatoms. The normalized spacial score (nSPS) is 14.8. The highest BCUT2D eigenvalue weighted by Gasteiger charge is 2.28. The van der Waals surface area contributed by atoms with Gasteiger partial charge in [-0.25, -0.2) is 0 Å². The van der Waals surface area contributed by atoms with Crippen LogP contribution in [0.4, 0.5) is 0 Å². The number of benzene rings is 2. The van der Waals surface area contributed by atoms with Gasteiger partial charge < -0.3 is 4.74 Å². The molecule has 0 aromatic heterocycles. The molecule has 0 saturated heterocycles. The van der Waals surface area contributed by atoms with Crippen LogP contribution in [0.15, 0.2) is 42.5 Å². The van der Waals surface area contributed by atoms with Gasteiger partial charge in [0, 0.05) is 13.1 Å². The molecule has 3 rings (SSSR count). The van der Waals surface area contributed by atoms with Gasteiger partial charge in [0.25, 0.3) is 11.8 Å². The molecule has 1 heterocycles. The van der Waals surface area contributed by atoms with Gasteiger partial charge in [0.1, 0.15) is 5.75 Å². The minimum absolute atomic E-state index is 0.259. The molecule has 1 aliphatic rings. The predicted octanol–water partition coefficient (Wildman–Crippen LogP) is 2.62. The second kappa shape index (κ2) is 5.05. The first-order valence-electron chi connectivity index (χ1n) is 6.81. The second-order valence-corrected chi connectivity index (χ2v) is 4.92. The fourth-order valence-electron chi connectivity index (χ4n) is 2.42. The molecule has 0 saturated carbocycles. The van der Waals surface area contributed by atoms with Crippen molar-refractivity contribution in [2.24, 2.45) is 0 Å². The van der Waals surface area contributed by atoms with Crippen LogP contribution < -0.4 is 4.74 Å². The molecule has 0 N–H and O–H groups in total. The predicted molar refractivity (Wildman–Crippen MR) is 80.9 cm³/mol. The Labute approximate surface area is 122 Å². The van der Waals surface area contributed by atoms with E-state index in [-0.39, 0.29) is 11.8 Å². The quantitative estimate of drug-likeness (QED) is 0.812. The van der Waals surface area contributed by atoms with Crippen molar-refractivity contribution in [1.29, 1.82) is 0 Å². The average Bonchev–Trinajstić information content (AvgIpc) is 2.75. The summed E-state index contributed by atoms with van der Waals surface area (Å²) in [7, 11) is 1.49. The van der Waals surface area contributed by atoms with Gasteiger partial charge in [-0.05, 0) is 41.5 Å². The standard InChI is InChI=1S/C17H15NO3/c1-3-21-14-7-6-11-8-13(5-4-12(11)9-14)15-10-16(19)18(2)17(15)20/h4-10H,3H2,1-2H3. The highest BCUT2D eigenvalue weighted by molar-refractivity contribution is 6.33. The lowest BCUT2D eigenvalue weighted by Gasteiger charge is -2.09. The zero-order chi connectivity index (χ0) is 15.0. The van der Waals surface area contributed by atoms with E-state index >= 15 is 0 Å². The van der Waals surface area contributed by atoms with Crippen LogP contribution in [0, 0.1) is 0 Å². The zero-order valence-electron chi connectivity index (χ0n) is 11.9. The first kappa shape index (κ1) is 13.4. The Morgan fingerprint density at radius 1 is 1.05 bits per heavy atom. The molecular weight excluding hydrogens is 266 g/mol. The summed E-state index contributed by atoms with van der Waals surface area (Å²) in [5, 5.41) is 2.04. The van der Waals surface area contributed by atoms with Gasteiger partial charge in [0.15, 0.2) is 0 Å². The molecule has 2 aromatic rings. The molecule has 0 fully saturated rings. The molecule has 21 heavy (non-hydrogen) atoms. The molecule has 2 amide bonds. The van der Waals surface area contributed by atoms with Crippen LogP contribution in [0.2, 0.25) is 0 Å². The van der Waals surface area contributed by atoms with Crippen LogP contribution >= 0.6 is 0 Å². The second-order valence-electron chi connectivity index (χ2n) is 4.92. The number of amides is 2. The molecule has 2 aromatic carbocycles. The number of carbonyl (C=O) groups excluding carboxylic acids is 2. The lowest BCUT2D eigenvalue weighted by molar-refractivity contribution is -0.134. The minimum atomic E-state index is -0.276. The molecule has 0 aliphatic carbocycles. The van der Waals surface area contributed by atoms with E-state index in [4.69, 9.17) is 4.74 Å². The zero-order valence-corrected chi connectivity index (χ0v) is 11.9. The van der Waals surface area contributed by atoms with Crippen LogP contribution in [-0.2, 0) is 9.59 Å². The smallest absolute Gasteiger partial charge is 0.261 e. The van der Waals surface area contributed by atoms with Crippen molar-refractivity contribution in [3.05, 3.63) is 48.0 Å². The molecule has 106 valence electrons. The van der Waals surface area contributed by atoms with Crippen LogP contribution in [-0.4, -0.2) is 30.4 Å². The summed E-state index contributed by atoms with van der Waals surface area (Å²) in [6.45, 7) is 2.57. The van der Waals surface area contributed by atoms with E-state index in [0.29, 0.717) is 12.2 Å². The van der Waals surface area contributed by atoms with Crippen LogP contribution in [0.5, 0.6) is 5.75 Å². The maximum absolute atomic E-state index is 12.0. The van der Waals surface area contributed by atoms with Gasteiger partial charge in [-0.15, -0.1) is 0 Å². The Bertz CT molecular complexity index is 777. The average molecular weight is 281 g/mol. The van der Waals surface area contributed by atoms with Crippen LogP contribution in [0.3, 0.4) is 0 Å². The summed E-state index contributed by atoms with van der Waals surface area (Å²) in [6, 6.07) is 11.5. The maximum Gasteiger partial charge on any atom is 0.261 e. The number of likely N-dealkylation sites (N-methyl/N-ethyl adjacent to an activating group) is 1. The van der Waals surface area contributed by atoms with Crippen molar-refractivity contribution in [2.75, 3.05) is 13.7 Å². The number of hydrogen-bond acceptors (Lipinski definition) is 3. The maximum atomic E-state index is 12.0. The molecule has 1 aliphatic heterocycles. The lowest BCUT2D eigenvalue weighted by Crippen LogP contribution is -2.25. The van der Waals surface area contributed by atoms with Gasteiger partial charge in [-0.2, -0.15) is 0 Å². The number of ether oxygens (including phenoxy) is 1. The number of nitrogens with zero attached hydrogens (tertiary/aromatic N) is 1. The molecule has 0 atom stereocenters. The van der Waals surface area contributed by atoms with Crippen molar-refractivity contribution in [3.8, 4) is 5.75 Å². The van der Waals surface area contributed by atoms with E-state index < -0.39 is 0 Å². The Balaban J connectivity index is 2.02. The van der Waals surface area contributed by atoms with Crippen molar-refractivity contribution in [3.63, 3.8) is 0 Å². The number of rotatable bonds is 3. The summed E-state index contributed by atoms with van der Waals surface area (Å²) in [6.07, 6.45) is 1.39. The number of fused-ring (bicyclic) bond motifs is 1. The van der Waals surface area contributed by atoms with E-state index in [2.05, 4.69) is 0 Å². The molecule has 4 nitrogen and oxygen atoms in total. The topological polar surface area (TPSA) is 46.6 Å². The van der Waals surface area contributed by atoms with Gasteiger partial charge in [0.2, 0.25) is 0 Å². The van der Waals surface area contributed by atoms with Gasteiger partial charge in [0.05, 0.1) is 12.2 Å². The third kappa shape index (κ3) is 2.29. The molecule has 0 bridgehead atoms. The molecule has 0 radical (unpaired) electrons. The number of hydrogen-bond donors (Lipinski definition) is 0. The third-order valence-corrected chi connectivity index (χ3v) is 3.57. The van der Waals surface area contributed by atoms with Crippen LogP contribution in [0.1, 0.15) is 12.5 Å². The van der Waals surface area contributed by atoms with E-state index in [1.807, 2.05) is 43.3 Å². The third-order valence-electron chi connectivity index (χ3n) is 3.57. The van der Waals surface area contributed by atoms with Crippen molar-refractivity contribution in [2.45, 2.75) is 6.92 Å². The fraction of sp³-hybridized carbons (Fsp3) is 0.176. The van der Waals surface area contributed by atoms with E-state index in [1.54, 1.807) is 0 Å². The lowest BCUT2D eigenvalue weighted by atomic mass is 10.0. The molecule has 0 spiro atoms. The van der Waals surface area contributed by atoms with E-state index in [9.17, 15) is 9.59 Å². The summed E-state index contributed by atoms with van der Waals surface area (Å²) < 4.78 is 5.47. The summed E-state index contributed by atoms with van der Waals surface area (Å²) in [4.78, 5) is 24.7. The Kier molecular flexibility index (Phi) is 3.22. The first-order valence-corrected chi connectivity index (χ1v) is 6.81. The highest BCUT2D eigenvalue weighted by atomic mass is 16.5. The summed E-state index contributed by atoms with van der Waals surface area (Å²) >= 11 is 0. The SMILES string of the molecule is CCOc1ccc2cc(C3=CC(=O)N(C)C3=O)ccc2c1. The van der Waals surface area contributed by atoms with Gasteiger partial charge >= 0.3 is 0 Å². The Morgan fingerprint density at radius 2 is 1.76 bits per heavy atom. The van der Waals surface area contributed by atoms with E-state index in [0.717, 1.165) is 27.0 Å². The number of carbonyl (C=O) groups is 2. The minimum Gasteiger partial charge on any atom is -0.494 e. The highest BCUT2D eigenvalue weighted by Crippen LogP contribution is 2.27. The molecule has 0 unspecified atom stereocenters.